The van der Waals surface area contributed by atoms with E-state index in [1.165, 1.54) is 28.1 Å². The van der Waals surface area contributed by atoms with Crippen LogP contribution in [-0.2, 0) is 0 Å². The predicted octanol–water partition coefficient (Wildman–Crippen LogP) is 11.0. The van der Waals surface area contributed by atoms with E-state index in [9.17, 15) is 0 Å². The molecular weight excluding hydrogens is 546 g/mol. The molecule has 0 aliphatic heterocycles. The Bertz CT molecular complexity index is 1550. The van der Waals surface area contributed by atoms with Crippen molar-refractivity contribution in [2.75, 3.05) is 40.9 Å². The van der Waals surface area contributed by atoms with Crippen molar-refractivity contribution in [3.05, 3.63) is 162 Å². The highest BCUT2D eigenvalue weighted by atomic mass is 15.1. The second-order valence-corrected chi connectivity index (χ2v) is 11.0. The fraction of sp³-hybridized carbons (Fsp3) is 0.190. The van der Waals surface area contributed by atoms with Gasteiger partial charge in [-0.2, -0.15) is 0 Å². The third-order valence-electron chi connectivity index (χ3n) is 8.35. The maximum absolute atomic E-state index is 2.38. The molecule has 0 bridgehead atoms. The van der Waals surface area contributed by atoms with Gasteiger partial charge in [-0.15, -0.1) is 0 Å². The van der Waals surface area contributed by atoms with Crippen LogP contribution in [0.1, 0.15) is 44.4 Å². The summed E-state index contributed by atoms with van der Waals surface area (Å²) in [4.78, 5) is 7.05. The molecule has 0 saturated heterocycles. The van der Waals surface area contributed by atoms with Crippen LogP contribution in [0.15, 0.2) is 146 Å². The maximum Gasteiger partial charge on any atom is 0.0462 e. The van der Waals surface area contributed by atoms with Crippen molar-refractivity contribution in [3.8, 4) is 0 Å². The predicted molar refractivity (Wildman–Crippen MR) is 197 cm³/mol. The van der Waals surface area contributed by atoms with E-state index in [2.05, 4.69) is 194 Å². The number of hydrogen-bond donors (Lipinski definition) is 0. The van der Waals surface area contributed by atoms with E-state index >= 15 is 0 Å². The lowest BCUT2D eigenvalue weighted by Gasteiger charge is -2.25. The Morgan fingerprint density at radius 1 is 0.444 bits per heavy atom. The molecule has 3 heteroatoms. The first-order valence-corrected chi connectivity index (χ1v) is 16.2. The molecule has 45 heavy (non-hydrogen) atoms. The largest absolute Gasteiger partial charge is 0.372 e. The molecule has 0 aliphatic carbocycles. The summed E-state index contributed by atoms with van der Waals surface area (Å²) in [6.45, 7) is 12.8. The Kier molecular flexibility index (Phi) is 10.9. The number of para-hydroxylation sites is 2. The molecule has 5 aromatic rings. The maximum atomic E-state index is 2.38. The number of rotatable bonds is 13. The van der Waals surface area contributed by atoms with Gasteiger partial charge in [0.05, 0.1) is 0 Å². The Balaban J connectivity index is 1.44. The Morgan fingerprint density at radius 2 is 0.822 bits per heavy atom. The monoisotopic (exact) mass is 591 g/mol. The zero-order valence-corrected chi connectivity index (χ0v) is 27.1. The van der Waals surface area contributed by atoms with Gasteiger partial charge in [-0.05, 0) is 111 Å². The summed E-state index contributed by atoms with van der Waals surface area (Å²) in [6.07, 6.45) is 6.60. The van der Waals surface area contributed by atoms with Crippen LogP contribution in [0.4, 0.5) is 28.4 Å². The number of benzene rings is 5. The van der Waals surface area contributed by atoms with Gasteiger partial charge in [0.2, 0.25) is 0 Å². The first kappa shape index (κ1) is 31.4. The number of allylic oxidation sites excluding steroid dienone is 2. The van der Waals surface area contributed by atoms with Crippen LogP contribution in [0.5, 0.6) is 0 Å². The van der Waals surface area contributed by atoms with Crippen molar-refractivity contribution >= 4 is 40.1 Å². The summed E-state index contributed by atoms with van der Waals surface area (Å²) in [5.74, 6) is 0. The van der Waals surface area contributed by atoms with Crippen molar-refractivity contribution in [1.82, 2.24) is 0 Å². The first-order chi connectivity index (χ1) is 22.1. The van der Waals surface area contributed by atoms with Crippen molar-refractivity contribution < 1.29 is 0 Å². The fourth-order valence-corrected chi connectivity index (χ4v) is 5.83. The van der Waals surface area contributed by atoms with Crippen LogP contribution in [0.2, 0.25) is 0 Å². The molecule has 0 amide bonds. The molecular formula is C42H45N3. The second-order valence-electron chi connectivity index (χ2n) is 11.0. The standard InChI is InChI=1S/C42H45N3/c1-5-43(6-2)37-30-24-35(25-31-37)42(36-26-32-38(33-27-36)44(7-3)8-4)21-15-16-34-22-28-41(29-23-34)45(39-17-11-9-12-18-39)40-19-13-10-14-20-40/h9-33H,5-8H2,1-4H3/b16-15+. The zero-order chi connectivity index (χ0) is 31.4. The minimum Gasteiger partial charge on any atom is -0.372 e. The van der Waals surface area contributed by atoms with E-state index in [-0.39, 0.29) is 0 Å². The van der Waals surface area contributed by atoms with Crippen molar-refractivity contribution in [2.24, 2.45) is 0 Å². The minimum atomic E-state index is 1.00. The van der Waals surface area contributed by atoms with E-state index in [1.54, 1.807) is 0 Å². The second kappa shape index (κ2) is 15.6. The third kappa shape index (κ3) is 7.74. The lowest BCUT2D eigenvalue weighted by molar-refractivity contribution is 0.866. The van der Waals surface area contributed by atoms with Gasteiger partial charge < -0.3 is 14.7 Å². The van der Waals surface area contributed by atoms with Crippen LogP contribution in [0, 0.1) is 0 Å². The molecule has 0 unspecified atom stereocenters. The number of nitrogens with zero attached hydrogens (tertiary/aromatic N) is 3. The fourth-order valence-electron chi connectivity index (χ4n) is 5.83. The summed E-state index contributed by atoms with van der Waals surface area (Å²) < 4.78 is 0. The highest BCUT2D eigenvalue weighted by Gasteiger charge is 2.12. The van der Waals surface area contributed by atoms with Gasteiger partial charge in [0.15, 0.2) is 0 Å². The van der Waals surface area contributed by atoms with Crippen molar-refractivity contribution in [1.29, 1.82) is 0 Å². The molecule has 0 heterocycles. The van der Waals surface area contributed by atoms with E-state index in [4.69, 9.17) is 0 Å². The van der Waals surface area contributed by atoms with Gasteiger partial charge in [-0.25, -0.2) is 0 Å². The van der Waals surface area contributed by atoms with Gasteiger partial charge in [-0.1, -0.05) is 91.0 Å². The van der Waals surface area contributed by atoms with Gasteiger partial charge >= 0.3 is 0 Å². The molecule has 3 nitrogen and oxygen atoms in total. The van der Waals surface area contributed by atoms with Crippen LogP contribution >= 0.6 is 0 Å². The molecule has 0 spiro atoms. The summed E-state index contributed by atoms with van der Waals surface area (Å²) in [5, 5.41) is 0. The van der Waals surface area contributed by atoms with Crippen LogP contribution in [0.3, 0.4) is 0 Å². The molecule has 0 fully saturated rings. The van der Waals surface area contributed by atoms with Crippen LogP contribution in [-0.4, -0.2) is 26.2 Å². The normalized spacial score (nSPS) is 10.9. The number of hydrogen-bond acceptors (Lipinski definition) is 3. The Labute approximate surface area is 270 Å². The topological polar surface area (TPSA) is 9.72 Å². The summed E-state index contributed by atoms with van der Waals surface area (Å²) in [5.41, 5.74) is 10.7. The van der Waals surface area contributed by atoms with Gasteiger partial charge in [0.25, 0.3) is 0 Å². The molecule has 0 N–H and O–H groups in total. The van der Waals surface area contributed by atoms with E-state index in [1.807, 2.05) is 0 Å². The summed E-state index contributed by atoms with van der Waals surface area (Å²) in [7, 11) is 0. The van der Waals surface area contributed by atoms with Gasteiger partial charge in [0.1, 0.15) is 0 Å². The molecule has 5 rings (SSSR count). The lowest BCUT2D eigenvalue weighted by atomic mass is 9.96. The summed E-state index contributed by atoms with van der Waals surface area (Å²) in [6, 6.07) is 47.8. The third-order valence-corrected chi connectivity index (χ3v) is 8.35. The average molecular weight is 592 g/mol. The lowest BCUT2D eigenvalue weighted by Crippen LogP contribution is -2.21. The number of anilines is 5. The van der Waals surface area contributed by atoms with Crippen LogP contribution < -0.4 is 14.7 Å². The molecule has 228 valence electrons. The van der Waals surface area contributed by atoms with Crippen LogP contribution in [0.25, 0.3) is 11.6 Å². The molecule has 5 aromatic carbocycles. The molecule has 0 aliphatic rings. The molecule has 0 radical (unpaired) electrons. The van der Waals surface area contributed by atoms with Crippen molar-refractivity contribution in [2.45, 2.75) is 27.7 Å². The average Bonchev–Trinajstić information content (AvgIpc) is 3.10. The highest BCUT2D eigenvalue weighted by molar-refractivity contribution is 5.83. The first-order valence-electron chi connectivity index (χ1n) is 16.2. The smallest absolute Gasteiger partial charge is 0.0462 e. The van der Waals surface area contributed by atoms with Crippen molar-refractivity contribution in [3.63, 3.8) is 0 Å². The van der Waals surface area contributed by atoms with E-state index < -0.39 is 0 Å². The van der Waals surface area contributed by atoms with E-state index in [0.29, 0.717) is 0 Å². The quantitative estimate of drug-likeness (QED) is 0.126. The molecule has 0 saturated carbocycles. The SMILES string of the molecule is CCN(CC)c1ccc(C(=C/C=C/c2ccc(N(c3ccccc3)c3ccccc3)cc2)c2ccc(N(CC)CC)cc2)cc1. The Hall–Kier alpha value is -5.02. The summed E-state index contributed by atoms with van der Waals surface area (Å²) >= 11 is 0. The highest BCUT2D eigenvalue weighted by Crippen LogP contribution is 2.34. The Morgan fingerprint density at radius 3 is 1.22 bits per heavy atom. The van der Waals surface area contributed by atoms with Gasteiger partial charge in [-0.3, -0.25) is 0 Å². The molecule has 0 atom stereocenters. The van der Waals surface area contributed by atoms with Gasteiger partial charge in [0, 0.05) is 54.6 Å². The minimum absolute atomic E-state index is 1.00. The zero-order valence-electron chi connectivity index (χ0n) is 27.1. The van der Waals surface area contributed by atoms with E-state index in [0.717, 1.165) is 48.8 Å². The molecule has 0 aromatic heterocycles.